The second kappa shape index (κ2) is 6.37. The number of benzene rings is 2. The Morgan fingerprint density at radius 2 is 1.62 bits per heavy atom. The van der Waals surface area contributed by atoms with E-state index in [0.29, 0.717) is 12.4 Å². The Balaban J connectivity index is 1.62. The third kappa shape index (κ3) is 2.85. The minimum atomic E-state index is 0.542. The highest BCUT2D eigenvalue weighted by atomic mass is 79.9. The number of hydrogen-bond donors (Lipinski definition) is 0. The third-order valence-electron chi connectivity index (χ3n) is 3.57. The molecule has 0 bridgehead atoms. The van der Waals surface area contributed by atoms with Gasteiger partial charge >= 0.3 is 0 Å². The summed E-state index contributed by atoms with van der Waals surface area (Å²) in [5.74, 6) is 0.542. The number of nitrogens with zero attached hydrogens (tertiary/aromatic N) is 6. The van der Waals surface area contributed by atoms with Crippen molar-refractivity contribution >= 4 is 15.9 Å². The number of para-hydroxylation sites is 1. The first-order chi connectivity index (χ1) is 11.8. The average molecular weight is 381 g/mol. The molecule has 4 rings (SSSR count). The lowest BCUT2D eigenvalue weighted by Crippen LogP contribution is -2.03. The van der Waals surface area contributed by atoms with Crippen LogP contribution in [0.15, 0.2) is 71.5 Å². The third-order valence-corrected chi connectivity index (χ3v) is 4.33. The molecule has 0 saturated heterocycles. The zero-order valence-electron chi connectivity index (χ0n) is 12.6. The van der Waals surface area contributed by atoms with E-state index in [1.165, 1.54) is 0 Å². The molecule has 2 aromatic heterocycles. The standard InChI is InChI=1S/C17H13BrN6/c18-16-15(11-19-24(16)14-9-5-2-6-10-14)17-20-22-23(21-17)12-13-7-3-1-4-8-13/h1-11H,12H2. The smallest absolute Gasteiger partial charge is 0.209 e. The molecule has 0 saturated carbocycles. The first-order valence-corrected chi connectivity index (χ1v) is 8.21. The molecule has 0 amide bonds. The maximum atomic E-state index is 4.45. The van der Waals surface area contributed by atoms with Crippen LogP contribution in [0.1, 0.15) is 5.56 Å². The minimum Gasteiger partial charge on any atom is -0.226 e. The monoisotopic (exact) mass is 380 g/mol. The van der Waals surface area contributed by atoms with Crippen LogP contribution in [0.25, 0.3) is 17.1 Å². The number of aromatic nitrogens is 6. The van der Waals surface area contributed by atoms with Gasteiger partial charge in [-0.25, -0.2) is 4.68 Å². The lowest BCUT2D eigenvalue weighted by molar-refractivity contribution is 0.573. The summed E-state index contributed by atoms with van der Waals surface area (Å²) in [4.78, 5) is 1.58. The molecule has 0 atom stereocenters. The van der Waals surface area contributed by atoms with Gasteiger partial charge in [0.15, 0.2) is 0 Å². The average Bonchev–Trinajstić information content (AvgIpc) is 3.23. The molecular weight excluding hydrogens is 368 g/mol. The van der Waals surface area contributed by atoms with Crippen molar-refractivity contribution in [3.63, 3.8) is 0 Å². The normalized spacial score (nSPS) is 10.9. The van der Waals surface area contributed by atoms with E-state index in [1.54, 1.807) is 15.7 Å². The molecular formula is C17H13BrN6. The molecule has 24 heavy (non-hydrogen) atoms. The van der Waals surface area contributed by atoms with Gasteiger partial charge in [0.2, 0.25) is 5.82 Å². The van der Waals surface area contributed by atoms with Crippen LogP contribution in [0.2, 0.25) is 0 Å². The summed E-state index contributed by atoms with van der Waals surface area (Å²) >= 11 is 3.58. The van der Waals surface area contributed by atoms with Crippen molar-refractivity contribution in [2.75, 3.05) is 0 Å². The van der Waals surface area contributed by atoms with E-state index in [9.17, 15) is 0 Å². The van der Waals surface area contributed by atoms with Crippen LogP contribution in [-0.2, 0) is 6.54 Å². The summed E-state index contributed by atoms with van der Waals surface area (Å²) in [6.45, 7) is 0.582. The summed E-state index contributed by atoms with van der Waals surface area (Å²) in [6.07, 6.45) is 1.74. The van der Waals surface area contributed by atoms with E-state index in [1.807, 2.05) is 60.7 Å². The van der Waals surface area contributed by atoms with Crippen molar-refractivity contribution in [3.05, 3.63) is 77.0 Å². The van der Waals surface area contributed by atoms with E-state index in [0.717, 1.165) is 21.4 Å². The van der Waals surface area contributed by atoms with E-state index >= 15 is 0 Å². The molecule has 0 N–H and O–H groups in total. The summed E-state index contributed by atoms with van der Waals surface area (Å²) in [6, 6.07) is 19.9. The molecule has 4 aromatic rings. The summed E-state index contributed by atoms with van der Waals surface area (Å²) in [7, 11) is 0. The molecule has 2 heterocycles. The highest BCUT2D eigenvalue weighted by Crippen LogP contribution is 2.27. The van der Waals surface area contributed by atoms with Gasteiger partial charge in [-0.2, -0.15) is 9.90 Å². The van der Waals surface area contributed by atoms with Crippen LogP contribution in [0.4, 0.5) is 0 Å². The Kier molecular flexibility index (Phi) is 3.92. The Morgan fingerprint density at radius 1 is 0.917 bits per heavy atom. The Bertz CT molecular complexity index is 946. The van der Waals surface area contributed by atoms with Crippen LogP contribution >= 0.6 is 15.9 Å². The van der Waals surface area contributed by atoms with Crippen LogP contribution in [0, 0.1) is 0 Å². The zero-order chi connectivity index (χ0) is 16.4. The largest absolute Gasteiger partial charge is 0.226 e. The van der Waals surface area contributed by atoms with E-state index in [-0.39, 0.29) is 0 Å². The summed E-state index contributed by atoms with van der Waals surface area (Å²) < 4.78 is 2.60. The lowest BCUT2D eigenvalue weighted by Gasteiger charge is -2.02. The van der Waals surface area contributed by atoms with Crippen molar-refractivity contribution in [2.24, 2.45) is 0 Å². The Labute approximate surface area is 146 Å². The molecule has 0 unspecified atom stereocenters. The topological polar surface area (TPSA) is 61.4 Å². The second-order valence-corrected chi connectivity index (χ2v) is 5.98. The fourth-order valence-electron chi connectivity index (χ4n) is 2.40. The molecule has 0 fully saturated rings. The summed E-state index contributed by atoms with van der Waals surface area (Å²) in [5, 5.41) is 17.1. The van der Waals surface area contributed by atoms with Gasteiger partial charge in [0.05, 0.1) is 24.0 Å². The van der Waals surface area contributed by atoms with Gasteiger partial charge in [0.1, 0.15) is 4.60 Å². The molecule has 6 nitrogen and oxygen atoms in total. The van der Waals surface area contributed by atoms with Crippen LogP contribution < -0.4 is 0 Å². The molecule has 2 aromatic carbocycles. The number of tetrazole rings is 1. The van der Waals surface area contributed by atoms with Crippen molar-refractivity contribution < 1.29 is 0 Å². The first kappa shape index (κ1) is 14.8. The fourth-order valence-corrected chi connectivity index (χ4v) is 2.97. The maximum Gasteiger partial charge on any atom is 0.209 e. The van der Waals surface area contributed by atoms with E-state index in [2.05, 4.69) is 36.4 Å². The van der Waals surface area contributed by atoms with E-state index in [4.69, 9.17) is 0 Å². The Hall–Kier alpha value is -2.80. The lowest BCUT2D eigenvalue weighted by atomic mass is 10.2. The first-order valence-electron chi connectivity index (χ1n) is 7.42. The fraction of sp³-hybridized carbons (Fsp3) is 0.0588. The Morgan fingerprint density at radius 3 is 2.38 bits per heavy atom. The predicted molar refractivity (Wildman–Crippen MR) is 93.6 cm³/mol. The van der Waals surface area contributed by atoms with Crippen LogP contribution in [-0.4, -0.2) is 30.0 Å². The molecule has 0 aliphatic carbocycles. The van der Waals surface area contributed by atoms with Crippen molar-refractivity contribution in [2.45, 2.75) is 6.54 Å². The van der Waals surface area contributed by atoms with Crippen LogP contribution in [0.5, 0.6) is 0 Å². The quantitative estimate of drug-likeness (QED) is 0.544. The van der Waals surface area contributed by atoms with Gasteiger partial charge in [0.25, 0.3) is 0 Å². The highest BCUT2D eigenvalue weighted by molar-refractivity contribution is 9.10. The molecule has 0 aliphatic rings. The van der Waals surface area contributed by atoms with Gasteiger partial charge in [-0.3, -0.25) is 0 Å². The van der Waals surface area contributed by atoms with Crippen LogP contribution in [0.3, 0.4) is 0 Å². The molecule has 118 valence electrons. The van der Waals surface area contributed by atoms with Gasteiger partial charge in [0, 0.05) is 0 Å². The van der Waals surface area contributed by atoms with E-state index < -0.39 is 0 Å². The molecule has 7 heteroatoms. The maximum absolute atomic E-state index is 4.45. The predicted octanol–water partition coefficient (Wildman–Crippen LogP) is 3.34. The molecule has 0 spiro atoms. The van der Waals surface area contributed by atoms with Crippen molar-refractivity contribution in [1.82, 2.24) is 30.0 Å². The second-order valence-electron chi connectivity index (χ2n) is 5.23. The van der Waals surface area contributed by atoms with Gasteiger partial charge in [-0.1, -0.05) is 48.5 Å². The minimum absolute atomic E-state index is 0.542. The molecule has 0 aliphatic heterocycles. The van der Waals surface area contributed by atoms with Crippen molar-refractivity contribution in [1.29, 1.82) is 0 Å². The van der Waals surface area contributed by atoms with Crippen molar-refractivity contribution in [3.8, 4) is 17.1 Å². The van der Waals surface area contributed by atoms with Gasteiger partial charge in [-0.05, 0) is 38.8 Å². The number of rotatable bonds is 4. The zero-order valence-corrected chi connectivity index (χ0v) is 14.2. The number of halogens is 1. The SMILES string of the molecule is Brc1c(-c2nnn(Cc3ccccc3)n2)cnn1-c1ccccc1. The van der Waals surface area contributed by atoms with Gasteiger partial charge < -0.3 is 0 Å². The highest BCUT2D eigenvalue weighted by Gasteiger charge is 2.16. The molecule has 0 radical (unpaired) electrons. The number of hydrogen-bond acceptors (Lipinski definition) is 4. The summed E-state index contributed by atoms with van der Waals surface area (Å²) in [5.41, 5.74) is 2.89. The van der Waals surface area contributed by atoms with Gasteiger partial charge in [-0.15, -0.1) is 10.2 Å².